The van der Waals surface area contributed by atoms with Gasteiger partial charge in [0, 0.05) is 32.7 Å². The van der Waals surface area contributed by atoms with Gasteiger partial charge in [-0.05, 0) is 43.0 Å². The van der Waals surface area contributed by atoms with Crippen LogP contribution in [0.25, 0.3) is 0 Å². The highest BCUT2D eigenvalue weighted by Gasteiger charge is 2.52. The van der Waals surface area contributed by atoms with E-state index in [1.807, 2.05) is 29.2 Å². The first kappa shape index (κ1) is 21.2. The highest BCUT2D eigenvalue weighted by molar-refractivity contribution is 6.15. The van der Waals surface area contributed by atoms with Gasteiger partial charge in [-0.3, -0.25) is 24.3 Å². The molecule has 2 aromatic carbocycles. The van der Waals surface area contributed by atoms with Crippen LogP contribution in [-0.2, 0) is 16.1 Å². The van der Waals surface area contributed by atoms with Crippen LogP contribution in [0, 0.1) is 6.92 Å². The van der Waals surface area contributed by atoms with Crippen molar-refractivity contribution in [3.05, 3.63) is 59.7 Å². The fourth-order valence-electron chi connectivity index (χ4n) is 5.52. The zero-order valence-electron chi connectivity index (χ0n) is 18.8. The van der Waals surface area contributed by atoms with Gasteiger partial charge < -0.3 is 5.32 Å². The van der Waals surface area contributed by atoms with Crippen molar-refractivity contribution in [2.24, 2.45) is 0 Å². The molecule has 2 heterocycles. The number of nitrogens with zero attached hydrogens (tertiary/aromatic N) is 3. The topological polar surface area (TPSA) is 55.9 Å². The Morgan fingerprint density at radius 3 is 2.34 bits per heavy atom. The van der Waals surface area contributed by atoms with Crippen molar-refractivity contribution in [3.8, 4) is 0 Å². The molecule has 6 nitrogen and oxygen atoms in total. The van der Waals surface area contributed by atoms with E-state index in [1.165, 1.54) is 11.1 Å². The molecule has 0 radical (unpaired) electrons. The highest BCUT2D eigenvalue weighted by Crippen LogP contribution is 2.45. The first-order valence-corrected chi connectivity index (χ1v) is 11.8. The second-order valence-electron chi connectivity index (χ2n) is 9.42. The number of carbonyl (C=O) groups excluding carboxylic acids is 2. The predicted octanol–water partition coefficient (Wildman–Crippen LogP) is 3.41. The van der Waals surface area contributed by atoms with Crippen LogP contribution in [0.2, 0.25) is 0 Å². The van der Waals surface area contributed by atoms with Gasteiger partial charge in [-0.15, -0.1) is 0 Å². The largest absolute Gasteiger partial charge is 0.322 e. The number of para-hydroxylation sites is 2. The van der Waals surface area contributed by atoms with E-state index >= 15 is 0 Å². The molecule has 0 atom stereocenters. The van der Waals surface area contributed by atoms with Crippen molar-refractivity contribution < 1.29 is 9.59 Å². The minimum absolute atomic E-state index is 0.0231. The van der Waals surface area contributed by atoms with Crippen LogP contribution in [0.4, 0.5) is 11.4 Å². The zero-order chi connectivity index (χ0) is 22.1. The van der Waals surface area contributed by atoms with Gasteiger partial charge in [-0.25, -0.2) is 0 Å². The Kier molecular flexibility index (Phi) is 5.74. The molecule has 0 bridgehead atoms. The van der Waals surface area contributed by atoms with E-state index in [0.717, 1.165) is 69.8 Å². The standard InChI is InChI=1S/C26H32N4O2/c1-20-8-2-3-9-21(20)18-28-14-16-29(17-15-28)19-24(31)30-23-11-5-4-10-22(23)27-25(32)26(30)12-6-7-13-26/h2-5,8-11H,6-7,12-19H2,1H3,(H,27,32). The molecule has 168 valence electrons. The number of carbonyl (C=O) groups is 2. The molecule has 0 unspecified atom stereocenters. The summed E-state index contributed by atoms with van der Waals surface area (Å²) in [7, 11) is 0. The average Bonchev–Trinajstić information content (AvgIpc) is 3.28. The number of aryl methyl sites for hydroxylation is 1. The Balaban J connectivity index is 1.27. The fraction of sp³-hybridized carbons (Fsp3) is 0.462. The molecule has 2 fully saturated rings. The van der Waals surface area contributed by atoms with Crippen LogP contribution in [0.15, 0.2) is 48.5 Å². The van der Waals surface area contributed by atoms with Gasteiger partial charge in [-0.1, -0.05) is 49.2 Å². The molecule has 3 aliphatic rings. The number of nitrogens with one attached hydrogen (secondary N) is 1. The van der Waals surface area contributed by atoms with Crippen LogP contribution >= 0.6 is 0 Å². The minimum atomic E-state index is -0.724. The van der Waals surface area contributed by atoms with Gasteiger partial charge >= 0.3 is 0 Å². The molecule has 0 aromatic heterocycles. The molecule has 1 spiro atoms. The summed E-state index contributed by atoms with van der Waals surface area (Å²) in [5.41, 5.74) is 3.56. The predicted molar refractivity (Wildman–Crippen MR) is 127 cm³/mol. The van der Waals surface area contributed by atoms with Crippen LogP contribution in [-0.4, -0.2) is 59.9 Å². The van der Waals surface area contributed by atoms with E-state index in [9.17, 15) is 9.59 Å². The number of hydrogen-bond acceptors (Lipinski definition) is 4. The van der Waals surface area contributed by atoms with E-state index < -0.39 is 5.54 Å². The fourth-order valence-corrected chi connectivity index (χ4v) is 5.52. The Bertz CT molecular complexity index is 1010. The number of rotatable bonds is 4. The highest BCUT2D eigenvalue weighted by atomic mass is 16.2. The lowest BCUT2D eigenvalue weighted by Crippen LogP contribution is -2.62. The molecular weight excluding hydrogens is 400 g/mol. The molecule has 5 rings (SSSR count). The van der Waals surface area contributed by atoms with Crippen molar-refractivity contribution in [2.45, 2.75) is 44.7 Å². The maximum absolute atomic E-state index is 13.6. The van der Waals surface area contributed by atoms with Crippen molar-refractivity contribution in [1.29, 1.82) is 0 Å². The van der Waals surface area contributed by atoms with E-state index in [2.05, 4.69) is 46.3 Å². The van der Waals surface area contributed by atoms with E-state index in [1.54, 1.807) is 0 Å². The Morgan fingerprint density at radius 1 is 0.938 bits per heavy atom. The molecule has 32 heavy (non-hydrogen) atoms. The smallest absolute Gasteiger partial charge is 0.250 e. The van der Waals surface area contributed by atoms with Gasteiger partial charge in [0.25, 0.3) is 5.91 Å². The van der Waals surface area contributed by atoms with Crippen LogP contribution in [0.5, 0.6) is 0 Å². The van der Waals surface area contributed by atoms with Crippen LogP contribution in [0.3, 0.4) is 0 Å². The van der Waals surface area contributed by atoms with Crippen molar-refractivity contribution in [3.63, 3.8) is 0 Å². The minimum Gasteiger partial charge on any atom is -0.322 e. The molecule has 1 saturated carbocycles. The summed E-state index contributed by atoms with van der Waals surface area (Å²) in [6.07, 6.45) is 3.44. The lowest BCUT2D eigenvalue weighted by molar-refractivity contribution is -0.128. The number of piperazine rings is 1. The molecule has 2 aliphatic heterocycles. The summed E-state index contributed by atoms with van der Waals surface area (Å²) < 4.78 is 0. The quantitative estimate of drug-likeness (QED) is 0.805. The first-order chi connectivity index (χ1) is 15.6. The zero-order valence-corrected chi connectivity index (χ0v) is 18.8. The number of benzene rings is 2. The van der Waals surface area contributed by atoms with Crippen LogP contribution < -0.4 is 10.2 Å². The Labute approximate surface area is 190 Å². The Morgan fingerprint density at radius 2 is 1.59 bits per heavy atom. The number of hydrogen-bond donors (Lipinski definition) is 1. The molecular formula is C26H32N4O2. The first-order valence-electron chi connectivity index (χ1n) is 11.8. The third kappa shape index (κ3) is 3.82. The summed E-state index contributed by atoms with van der Waals surface area (Å²) in [6.45, 7) is 7.11. The lowest BCUT2D eigenvalue weighted by Gasteiger charge is -2.45. The van der Waals surface area contributed by atoms with Crippen molar-refractivity contribution in [2.75, 3.05) is 42.9 Å². The normalized spacial score (nSPS) is 20.9. The van der Waals surface area contributed by atoms with Crippen molar-refractivity contribution >= 4 is 23.2 Å². The summed E-state index contributed by atoms with van der Waals surface area (Å²) >= 11 is 0. The lowest BCUT2D eigenvalue weighted by atomic mass is 9.89. The number of amides is 2. The summed E-state index contributed by atoms with van der Waals surface area (Å²) in [4.78, 5) is 33.3. The SMILES string of the molecule is Cc1ccccc1CN1CCN(CC(=O)N2c3ccccc3NC(=O)C23CCCC3)CC1. The molecule has 2 aromatic rings. The van der Waals surface area contributed by atoms with Gasteiger partial charge in [0.05, 0.1) is 17.9 Å². The Hall–Kier alpha value is -2.70. The van der Waals surface area contributed by atoms with Crippen LogP contribution in [0.1, 0.15) is 36.8 Å². The van der Waals surface area contributed by atoms with Gasteiger partial charge in [0.2, 0.25) is 5.91 Å². The second kappa shape index (κ2) is 8.68. The third-order valence-electron chi connectivity index (χ3n) is 7.40. The monoisotopic (exact) mass is 432 g/mol. The molecule has 6 heteroatoms. The maximum atomic E-state index is 13.6. The summed E-state index contributed by atoms with van der Waals surface area (Å²) in [5.74, 6) is 0.0201. The van der Waals surface area contributed by atoms with E-state index in [0.29, 0.717) is 6.54 Å². The van der Waals surface area contributed by atoms with Gasteiger partial charge in [0.1, 0.15) is 5.54 Å². The number of fused-ring (bicyclic) bond motifs is 1. The molecule has 1 aliphatic carbocycles. The van der Waals surface area contributed by atoms with E-state index in [-0.39, 0.29) is 11.8 Å². The van der Waals surface area contributed by atoms with Gasteiger partial charge in [-0.2, -0.15) is 0 Å². The third-order valence-corrected chi connectivity index (χ3v) is 7.40. The van der Waals surface area contributed by atoms with Crippen molar-refractivity contribution in [1.82, 2.24) is 9.80 Å². The summed E-state index contributed by atoms with van der Waals surface area (Å²) in [6, 6.07) is 16.3. The average molecular weight is 433 g/mol. The van der Waals surface area contributed by atoms with Gasteiger partial charge in [0.15, 0.2) is 0 Å². The number of anilines is 2. The molecule has 2 amide bonds. The maximum Gasteiger partial charge on any atom is 0.250 e. The van der Waals surface area contributed by atoms with E-state index in [4.69, 9.17) is 0 Å². The second-order valence-corrected chi connectivity index (χ2v) is 9.42. The summed E-state index contributed by atoms with van der Waals surface area (Å²) in [5, 5.41) is 3.06. The molecule has 1 saturated heterocycles. The molecule has 1 N–H and O–H groups in total.